The predicted molar refractivity (Wildman–Crippen MR) is 84.9 cm³/mol. The molecule has 1 aromatic rings. The van der Waals surface area contributed by atoms with E-state index < -0.39 is 0 Å². The van der Waals surface area contributed by atoms with E-state index in [4.69, 9.17) is 0 Å². The highest BCUT2D eigenvalue weighted by atomic mass is 32.2. The molecular formula is C17H26OS. The van der Waals surface area contributed by atoms with Gasteiger partial charge < -0.3 is 0 Å². The van der Waals surface area contributed by atoms with Gasteiger partial charge in [0, 0.05) is 11.3 Å². The van der Waals surface area contributed by atoms with Crippen LogP contribution in [-0.2, 0) is 4.79 Å². The third kappa shape index (κ3) is 7.41. The fourth-order valence-electron chi connectivity index (χ4n) is 2.05. The van der Waals surface area contributed by atoms with Gasteiger partial charge in [0.05, 0.1) is 5.75 Å². The molecule has 0 saturated heterocycles. The molecule has 1 rings (SSSR count). The normalized spacial score (nSPS) is 10.6. The van der Waals surface area contributed by atoms with Crippen LogP contribution in [0.25, 0.3) is 0 Å². The summed E-state index contributed by atoms with van der Waals surface area (Å²) in [4.78, 5) is 13.0. The smallest absolute Gasteiger partial charge is 0.143 e. The average Bonchev–Trinajstić information content (AvgIpc) is 2.42. The SMILES string of the molecule is CCCCCCCCC(=O)CSc1ccccc1C. The second-order valence-electron chi connectivity index (χ2n) is 5.11. The Morgan fingerprint density at radius 1 is 1.05 bits per heavy atom. The maximum Gasteiger partial charge on any atom is 0.143 e. The van der Waals surface area contributed by atoms with E-state index in [-0.39, 0.29) is 0 Å². The zero-order valence-electron chi connectivity index (χ0n) is 12.3. The molecule has 0 atom stereocenters. The summed E-state index contributed by atoms with van der Waals surface area (Å²) < 4.78 is 0. The van der Waals surface area contributed by atoms with Crippen molar-refractivity contribution >= 4 is 17.5 Å². The van der Waals surface area contributed by atoms with Crippen LogP contribution >= 0.6 is 11.8 Å². The monoisotopic (exact) mass is 278 g/mol. The summed E-state index contributed by atoms with van der Waals surface area (Å²) in [5.41, 5.74) is 1.26. The molecule has 0 saturated carbocycles. The Balaban J connectivity index is 2.10. The van der Waals surface area contributed by atoms with Crippen LogP contribution in [0.5, 0.6) is 0 Å². The Kier molecular flexibility index (Phi) is 8.64. The van der Waals surface area contributed by atoms with Gasteiger partial charge in [0.1, 0.15) is 5.78 Å². The van der Waals surface area contributed by atoms with Crippen molar-refractivity contribution in [3.8, 4) is 0 Å². The minimum atomic E-state index is 0.392. The van der Waals surface area contributed by atoms with Crippen molar-refractivity contribution in [2.45, 2.75) is 63.7 Å². The Bertz CT molecular complexity index is 373. The summed E-state index contributed by atoms with van der Waals surface area (Å²) in [6.07, 6.45) is 8.25. The third-order valence-corrected chi connectivity index (χ3v) is 4.53. The standard InChI is InChI=1S/C17H26OS/c1-3-4-5-6-7-8-12-16(18)14-19-17-13-10-9-11-15(17)2/h9-11,13H,3-8,12,14H2,1-2H3. The minimum Gasteiger partial charge on any atom is -0.299 e. The number of carbonyl (C=O) groups excluding carboxylic acids is 1. The molecule has 0 amide bonds. The zero-order valence-corrected chi connectivity index (χ0v) is 13.1. The van der Waals surface area contributed by atoms with Crippen molar-refractivity contribution in [1.82, 2.24) is 0 Å². The summed E-state index contributed by atoms with van der Waals surface area (Å²) in [7, 11) is 0. The number of thioether (sulfide) groups is 1. The van der Waals surface area contributed by atoms with Crippen LogP contribution in [0.15, 0.2) is 29.2 Å². The molecule has 2 heteroatoms. The minimum absolute atomic E-state index is 0.392. The Hall–Kier alpha value is -0.760. The maximum atomic E-state index is 11.8. The molecule has 106 valence electrons. The number of ketones is 1. The van der Waals surface area contributed by atoms with Gasteiger partial charge in [-0.2, -0.15) is 0 Å². The van der Waals surface area contributed by atoms with Gasteiger partial charge in [-0.3, -0.25) is 4.79 Å². The highest BCUT2D eigenvalue weighted by molar-refractivity contribution is 8.00. The molecule has 0 unspecified atom stereocenters. The predicted octanol–water partition coefficient (Wildman–Crippen LogP) is 5.41. The second-order valence-corrected chi connectivity index (χ2v) is 6.13. The molecule has 1 aromatic carbocycles. The number of carbonyl (C=O) groups is 1. The summed E-state index contributed by atoms with van der Waals surface area (Å²) in [5, 5.41) is 0. The van der Waals surface area contributed by atoms with Crippen LogP contribution in [0, 0.1) is 6.92 Å². The van der Waals surface area contributed by atoms with Gasteiger partial charge in [-0.1, -0.05) is 57.2 Å². The van der Waals surface area contributed by atoms with Gasteiger partial charge in [0.25, 0.3) is 0 Å². The lowest BCUT2D eigenvalue weighted by Crippen LogP contribution is -2.01. The molecule has 0 spiro atoms. The Morgan fingerprint density at radius 3 is 2.47 bits per heavy atom. The first-order valence-electron chi connectivity index (χ1n) is 7.44. The summed E-state index contributed by atoms with van der Waals surface area (Å²) >= 11 is 1.68. The van der Waals surface area contributed by atoms with Crippen LogP contribution in [-0.4, -0.2) is 11.5 Å². The summed E-state index contributed by atoms with van der Waals surface area (Å²) in [5.74, 6) is 1.02. The second kappa shape index (κ2) is 10.1. The number of benzene rings is 1. The molecule has 0 bridgehead atoms. The number of hydrogen-bond donors (Lipinski definition) is 0. The van der Waals surface area contributed by atoms with Crippen LogP contribution in [0.1, 0.15) is 57.4 Å². The number of unbranched alkanes of at least 4 members (excludes halogenated alkanes) is 5. The van der Waals surface area contributed by atoms with Crippen LogP contribution in [0.4, 0.5) is 0 Å². The molecule has 0 fully saturated rings. The summed E-state index contributed by atoms with van der Waals surface area (Å²) in [6, 6.07) is 8.27. The van der Waals surface area contributed by atoms with Crippen molar-refractivity contribution in [3.05, 3.63) is 29.8 Å². The highest BCUT2D eigenvalue weighted by Crippen LogP contribution is 2.22. The first-order valence-corrected chi connectivity index (χ1v) is 8.42. The van der Waals surface area contributed by atoms with E-state index >= 15 is 0 Å². The first-order chi connectivity index (χ1) is 9.24. The topological polar surface area (TPSA) is 17.1 Å². The van der Waals surface area contributed by atoms with Gasteiger partial charge in [0.15, 0.2) is 0 Å². The van der Waals surface area contributed by atoms with E-state index in [0.717, 1.165) is 12.8 Å². The lowest BCUT2D eigenvalue weighted by atomic mass is 10.1. The molecule has 0 radical (unpaired) electrons. The van der Waals surface area contributed by atoms with E-state index in [1.807, 2.05) is 12.1 Å². The fourth-order valence-corrected chi connectivity index (χ4v) is 2.98. The van der Waals surface area contributed by atoms with Crippen molar-refractivity contribution in [3.63, 3.8) is 0 Å². The molecule has 19 heavy (non-hydrogen) atoms. The van der Waals surface area contributed by atoms with E-state index in [1.54, 1.807) is 11.8 Å². The van der Waals surface area contributed by atoms with Crippen molar-refractivity contribution in [1.29, 1.82) is 0 Å². The molecule has 1 nitrogen and oxygen atoms in total. The van der Waals surface area contributed by atoms with Crippen LogP contribution in [0.3, 0.4) is 0 Å². The number of hydrogen-bond acceptors (Lipinski definition) is 2. The molecule has 0 aromatic heterocycles. The zero-order chi connectivity index (χ0) is 13.9. The quantitative estimate of drug-likeness (QED) is 0.420. The summed E-state index contributed by atoms with van der Waals surface area (Å²) in [6.45, 7) is 4.33. The Labute approximate surface area is 122 Å². The van der Waals surface area contributed by atoms with E-state index in [0.29, 0.717) is 11.5 Å². The maximum absolute atomic E-state index is 11.8. The number of Topliss-reactive ketones (excluding diaryl/α,β-unsaturated/α-hetero) is 1. The van der Waals surface area contributed by atoms with E-state index in [9.17, 15) is 4.79 Å². The van der Waals surface area contributed by atoms with Gasteiger partial charge >= 0.3 is 0 Å². The lowest BCUT2D eigenvalue weighted by molar-refractivity contribution is -0.116. The van der Waals surface area contributed by atoms with Crippen molar-refractivity contribution in [2.24, 2.45) is 0 Å². The van der Waals surface area contributed by atoms with Crippen LogP contribution < -0.4 is 0 Å². The van der Waals surface area contributed by atoms with Crippen molar-refractivity contribution in [2.75, 3.05) is 5.75 Å². The Morgan fingerprint density at radius 2 is 1.74 bits per heavy atom. The molecule has 0 aliphatic carbocycles. The number of aryl methyl sites for hydroxylation is 1. The van der Waals surface area contributed by atoms with Gasteiger partial charge in [0.2, 0.25) is 0 Å². The van der Waals surface area contributed by atoms with Gasteiger partial charge in [-0.15, -0.1) is 11.8 Å². The average molecular weight is 278 g/mol. The van der Waals surface area contributed by atoms with E-state index in [1.165, 1.54) is 42.6 Å². The molecule has 0 N–H and O–H groups in total. The van der Waals surface area contributed by atoms with Crippen molar-refractivity contribution < 1.29 is 4.79 Å². The molecule has 0 aliphatic rings. The number of rotatable bonds is 10. The van der Waals surface area contributed by atoms with Crippen LogP contribution in [0.2, 0.25) is 0 Å². The highest BCUT2D eigenvalue weighted by Gasteiger charge is 2.04. The van der Waals surface area contributed by atoms with Gasteiger partial charge in [-0.05, 0) is 25.0 Å². The molecule has 0 aliphatic heterocycles. The molecular weight excluding hydrogens is 252 g/mol. The molecule has 0 heterocycles. The fraction of sp³-hybridized carbons (Fsp3) is 0.588. The largest absolute Gasteiger partial charge is 0.299 e. The van der Waals surface area contributed by atoms with E-state index in [2.05, 4.69) is 26.0 Å². The van der Waals surface area contributed by atoms with Gasteiger partial charge in [-0.25, -0.2) is 0 Å². The lowest BCUT2D eigenvalue weighted by Gasteiger charge is -2.04. The first kappa shape index (κ1) is 16.3. The third-order valence-electron chi connectivity index (χ3n) is 3.29.